The lowest BCUT2D eigenvalue weighted by Crippen LogP contribution is -2.47. The molecule has 0 bridgehead atoms. The van der Waals surface area contributed by atoms with E-state index >= 15 is 0 Å². The lowest BCUT2D eigenvalue weighted by Gasteiger charge is -2.33. The van der Waals surface area contributed by atoms with Gasteiger partial charge in [0.15, 0.2) is 5.76 Å². The lowest BCUT2D eigenvalue weighted by molar-refractivity contribution is -0.142. The number of amides is 2. The van der Waals surface area contributed by atoms with Crippen LogP contribution >= 0.6 is 11.3 Å². The van der Waals surface area contributed by atoms with Gasteiger partial charge >= 0.3 is 0 Å². The molecule has 0 radical (unpaired) electrons. The Morgan fingerprint density at radius 1 is 1.10 bits per heavy atom. The Labute approximate surface area is 238 Å². The van der Waals surface area contributed by atoms with E-state index in [0.717, 1.165) is 47.6 Å². The first kappa shape index (κ1) is 27.6. The molecule has 1 atom stereocenters. The molecule has 11 heteroatoms. The number of carbonyl (C=O) groups excluding carboxylic acids is 2. The van der Waals surface area contributed by atoms with Crippen molar-refractivity contribution in [1.82, 2.24) is 30.4 Å². The first-order chi connectivity index (χ1) is 19.4. The van der Waals surface area contributed by atoms with Crippen molar-refractivity contribution < 1.29 is 14.0 Å². The van der Waals surface area contributed by atoms with Crippen LogP contribution in [0.4, 0.5) is 5.69 Å². The quantitative estimate of drug-likeness (QED) is 0.302. The monoisotopic (exact) mass is 561 g/mol. The smallest absolute Gasteiger partial charge is 0.247 e. The first-order valence-electron chi connectivity index (χ1n) is 13.6. The van der Waals surface area contributed by atoms with Crippen molar-refractivity contribution in [3.8, 4) is 11.6 Å². The zero-order valence-corrected chi connectivity index (χ0v) is 23.9. The molecule has 40 heavy (non-hydrogen) atoms. The van der Waals surface area contributed by atoms with Crippen LogP contribution in [0, 0.1) is 6.92 Å². The molecule has 0 unspecified atom stereocenters. The summed E-state index contributed by atoms with van der Waals surface area (Å²) < 4.78 is 5.60. The van der Waals surface area contributed by atoms with Crippen molar-refractivity contribution in [2.45, 2.75) is 64.2 Å². The molecule has 1 aliphatic rings. The SMILES string of the molecule is Cc1ccc(-c2nnn(CC(=O)N(Cc3cccs3)[C@@H](C(=O)NC3CCCCC3)c3ccc(N(C)C)cc3)n2)o1. The second kappa shape index (κ2) is 12.5. The molecule has 210 valence electrons. The fourth-order valence-electron chi connectivity index (χ4n) is 5.02. The van der Waals surface area contributed by atoms with Crippen LogP contribution in [0.5, 0.6) is 0 Å². The predicted molar refractivity (Wildman–Crippen MR) is 154 cm³/mol. The Kier molecular flexibility index (Phi) is 8.59. The summed E-state index contributed by atoms with van der Waals surface area (Å²) >= 11 is 1.55. The third kappa shape index (κ3) is 6.59. The van der Waals surface area contributed by atoms with Crippen LogP contribution in [0.25, 0.3) is 11.6 Å². The van der Waals surface area contributed by atoms with E-state index in [1.807, 2.05) is 73.8 Å². The lowest BCUT2D eigenvalue weighted by atomic mass is 9.94. The predicted octanol–water partition coefficient (Wildman–Crippen LogP) is 4.59. The highest BCUT2D eigenvalue weighted by Crippen LogP contribution is 2.28. The topological polar surface area (TPSA) is 109 Å². The zero-order chi connectivity index (χ0) is 28.1. The van der Waals surface area contributed by atoms with Crippen molar-refractivity contribution in [3.63, 3.8) is 0 Å². The summed E-state index contributed by atoms with van der Waals surface area (Å²) in [5, 5.41) is 17.7. The minimum Gasteiger partial charge on any atom is -0.458 e. The van der Waals surface area contributed by atoms with Gasteiger partial charge in [0.2, 0.25) is 17.6 Å². The maximum absolute atomic E-state index is 14.0. The number of benzene rings is 1. The summed E-state index contributed by atoms with van der Waals surface area (Å²) in [6.45, 7) is 1.96. The van der Waals surface area contributed by atoms with Gasteiger partial charge in [0.05, 0.1) is 6.54 Å². The Morgan fingerprint density at radius 2 is 1.88 bits per heavy atom. The highest BCUT2D eigenvalue weighted by Gasteiger charge is 2.34. The third-order valence-electron chi connectivity index (χ3n) is 7.15. The number of hydrogen-bond donors (Lipinski definition) is 1. The van der Waals surface area contributed by atoms with Crippen molar-refractivity contribution in [3.05, 3.63) is 70.1 Å². The Balaban J connectivity index is 1.46. The van der Waals surface area contributed by atoms with Gasteiger partial charge in [-0.2, -0.15) is 4.80 Å². The molecule has 2 amide bonds. The van der Waals surface area contributed by atoms with Crippen LogP contribution in [0.1, 0.15) is 54.3 Å². The number of hydrogen-bond acceptors (Lipinski definition) is 8. The number of furan rings is 1. The van der Waals surface area contributed by atoms with Crippen LogP contribution in [0.15, 0.2) is 58.3 Å². The van der Waals surface area contributed by atoms with E-state index in [1.165, 1.54) is 11.2 Å². The van der Waals surface area contributed by atoms with Crippen LogP contribution < -0.4 is 10.2 Å². The summed E-state index contributed by atoms with van der Waals surface area (Å²) in [5.41, 5.74) is 1.76. The average Bonchev–Trinajstić information content (AvgIpc) is 3.72. The molecule has 3 heterocycles. The van der Waals surface area contributed by atoms with Crippen molar-refractivity contribution >= 4 is 28.8 Å². The second-order valence-electron chi connectivity index (χ2n) is 10.4. The Morgan fingerprint density at radius 3 is 2.52 bits per heavy atom. The standard InChI is InChI=1S/C29H35N7O3S/c1-20-11-16-25(39-20)28-31-33-36(32-28)19-26(37)35(18-24-10-7-17-40-24)27(21-12-14-23(15-13-21)34(2)3)29(38)30-22-8-5-4-6-9-22/h7,10-17,22,27H,4-6,8-9,18-19H2,1-3H3,(H,30,38)/t27-/m1/s1. The van der Waals surface area contributed by atoms with Gasteiger partial charge in [-0.3, -0.25) is 9.59 Å². The Hall–Kier alpha value is -3.99. The van der Waals surface area contributed by atoms with E-state index in [4.69, 9.17) is 4.42 Å². The minimum absolute atomic E-state index is 0.111. The molecule has 1 aliphatic carbocycles. The second-order valence-corrected chi connectivity index (χ2v) is 11.4. The van der Waals surface area contributed by atoms with E-state index < -0.39 is 6.04 Å². The number of rotatable bonds is 10. The number of aryl methyl sites for hydroxylation is 1. The molecule has 5 rings (SSSR count). The largest absolute Gasteiger partial charge is 0.458 e. The number of aromatic nitrogens is 4. The Bertz CT molecular complexity index is 1410. The zero-order valence-electron chi connectivity index (χ0n) is 23.1. The summed E-state index contributed by atoms with van der Waals surface area (Å²) in [6.07, 6.45) is 5.29. The van der Waals surface area contributed by atoms with Crippen LogP contribution in [-0.4, -0.2) is 57.1 Å². The highest BCUT2D eigenvalue weighted by atomic mass is 32.1. The molecule has 1 fully saturated rings. The van der Waals surface area contributed by atoms with Crippen molar-refractivity contribution in [2.75, 3.05) is 19.0 Å². The summed E-state index contributed by atoms with van der Waals surface area (Å²) in [5.74, 6) is 1.06. The highest BCUT2D eigenvalue weighted by molar-refractivity contribution is 7.09. The van der Waals surface area contributed by atoms with E-state index in [9.17, 15) is 9.59 Å². The number of carbonyl (C=O) groups is 2. The van der Waals surface area contributed by atoms with E-state index in [-0.39, 0.29) is 30.9 Å². The average molecular weight is 562 g/mol. The molecule has 0 spiro atoms. The van der Waals surface area contributed by atoms with Gasteiger partial charge in [-0.05, 0) is 66.3 Å². The molecule has 4 aromatic rings. The summed E-state index contributed by atoms with van der Waals surface area (Å²) in [6, 6.07) is 14.6. The van der Waals surface area contributed by atoms with Gasteiger partial charge < -0.3 is 19.5 Å². The molecule has 1 saturated carbocycles. The van der Waals surface area contributed by atoms with Crippen molar-refractivity contribution in [1.29, 1.82) is 0 Å². The van der Waals surface area contributed by atoms with Gasteiger partial charge in [0.25, 0.3) is 0 Å². The van der Waals surface area contributed by atoms with E-state index in [0.29, 0.717) is 11.6 Å². The molecule has 3 aromatic heterocycles. The van der Waals surface area contributed by atoms with Crippen LogP contribution in [0.3, 0.4) is 0 Å². The number of thiophene rings is 1. The maximum atomic E-state index is 14.0. The third-order valence-corrected chi connectivity index (χ3v) is 8.01. The number of nitrogens with zero attached hydrogens (tertiary/aromatic N) is 6. The van der Waals surface area contributed by atoms with E-state index in [2.05, 4.69) is 20.7 Å². The molecule has 10 nitrogen and oxygen atoms in total. The summed E-state index contributed by atoms with van der Waals surface area (Å²) in [4.78, 5) is 33.8. The summed E-state index contributed by atoms with van der Waals surface area (Å²) in [7, 11) is 3.94. The van der Waals surface area contributed by atoms with Gasteiger partial charge in [-0.1, -0.05) is 37.5 Å². The molecule has 1 N–H and O–H groups in total. The van der Waals surface area contributed by atoms with Gasteiger partial charge in [-0.15, -0.1) is 21.5 Å². The van der Waals surface area contributed by atoms with Crippen molar-refractivity contribution in [2.24, 2.45) is 0 Å². The van der Waals surface area contributed by atoms with Gasteiger partial charge in [-0.25, -0.2) is 0 Å². The fourth-order valence-corrected chi connectivity index (χ4v) is 5.73. The molecule has 1 aromatic carbocycles. The number of tetrazole rings is 1. The number of nitrogens with one attached hydrogen (secondary N) is 1. The van der Waals surface area contributed by atoms with Crippen LogP contribution in [0.2, 0.25) is 0 Å². The molecule has 0 aliphatic heterocycles. The maximum Gasteiger partial charge on any atom is 0.247 e. The minimum atomic E-state index is -0.816. The van der Waals surface area contributed by atoms with Gasteiger partial charge in [0, 0.05) is 30.7 Å². The number of anilines is 1. The van der Waals surface area contributed by atoms with Gasteiger partial charge in [0.1, 0.15) is 18.3 Å². The fraction of sp³-hybridized carbons (Fsp3) is 0.414. The van der Waals surface area contributed by atoms with E-state index in [1.54, 1.807) is 22.3 Å². The van der Waals surface area contributed by atoms with Crippen LogP contribution in [-0.2, 0) is 22.7 Å². The molecular weight excluding hydrogens is 526 g/mol. The molecule has 0 saturated heterocycles. The normalized spacial score (nSPS) is 14.6. The first-order valence-corrected chi connectivity index (χ1v) is 14.5. The molecular formula is C29H35N7O3S.